The first-order valence-corrected chi connectivity index (χ1v) is 11.4. The molecule has 0 spiro atoms. The summed E-state index contributed by atoms with van der Waals surface area (Å²) in [6.07, 6.45) is -0.695. The number of piperazine rings is 1. The first kappa shape index (κ1) is 24.3. The molecule has 0 bridgehead atoms. The SMILES string of the molecule is COC(=O)c1cc(NC(=S)N2CCN(C(=O)C3COc4ccccc4O3)CC2)cc(C(=O)OC)c1. The van der Waals surface area contributed by atoms with Crippen molar-refractivity contribution in [3.05, 3.63) is 53.6 Å². The van der Waals surface area contributed by atoms with Crippen molar-refractivity contribution in [2.24, 2.45) is 0 Å². The van der Waals surface area contributed by atoms with Gasteiger partial charge in [-0.15, -0.1) is 0 Å². The van der Waals surface area contributed by atoms with Gasteiger partial charge in [0.1, 0.15) is 6.61 Å². The van der Waals surface area contributed by atoms with Crippen molar-refractivity contribution in [2.45, 2.75) is 6.10 Å². The van der Waals surface area contributed by atoms with E-state index in [1.54, 1.807) is 29.2 Å². The van der Waals surface area contributed by atoms with Gasteiger partial charge in [0.15, 0.2) is 16.6 Å². The number of para-hydroxylation sites is 2. The second kappa shape index (κ2) is 10.6. The van der Waals surface area contributed by atoms with Crippen molar-refractivity contribution >= 4 is 40.9 Å². The van der Waals surface area contributed by atoms with Crippen LogP contribution in [0.4, 0.5) is 5.69 Å². The summed E-state index contributed by atoms with van der Waals surface area (Å²) in [6.45, 7) is 2.08. The lowest BCUT2D eigenvalue weighted by Gasteiger charge is -2.38. The van der Waals surface area contributed by atoms with Crippen molar-refractivity contribution in [1.82, 2.24) is 9.80 Å². The van der Waals surface area contributed by atoms with Crippen molar-refractivity contribution in [3.63, 3.8) is 0 Å². The standard InChI is InChI=1S/C24H25N3O7S/c1-31-22(29)15-11-16(23(30)32-2)13-17(12-15)25-24(35)27-9-7-26(8-10-27)21(28)20-14-33-18-5-3-4-6-19(18)34-20/h3-6,11-13,20H,7-10,14H2,1-2H3,(H,25,35). The van der Waals surface area contributed by atoms with E-state index in [0.29, 0.717) is 48.5 Å². The molecular weight excluding hydrogens is 474 g/mol. The summed E-state index contributed by atoms with van der Waals surface area (Å²) in [5, 5.41) is 3.47. The number of ether oxygens (including phenoxy) is 4. The van der Waals surface area contributed by atoms with Crippen LogP contribution in [0.2, 0.25) is 0 Å². The molecule has 4 rings (SSSR count). The van der Waals surface area contributed by atoms with Crippen molar-refractivity contribution in [2.75, 3.05) is 52.3 Å². The van der Waals surface area contributed by atoms with Gasteiger partial charge in [-0.25, -0.2) is 9.59 Å². The van der Waals surface area contributed by atoms with E-state index in [2.05, 4.69) is 5.32 Å². The summed E-state index contributed by atoms with van der Waals surface area (Å²) >= 11 is 5.54. The Morgan fingerprint density at radius 2 is 1.49 bits per heavy atom. The molecule has 184 valence electrons. The Bertz CT molecular complexity index is 1110. The highest BCUT2D eigenvalue weighted by Gasteiger charge is 2.33. The van der Waals surface area contributed by atoms with E-state index in [1.807, 2.05) is 17.0 Å². The van der Waals surface area contributed by atoms with Gasteiger partial charge in [0.25, 0.3) is 5.91 Å². The van der Waals surface area contributed by atoms with E-state index in [1.165, 1.54) is 20.3 Å². The van der Waals surface area contributed by atoms with Crippen molar-refractivity contribution in [3.8, 4) is 11.5 Å². The molecule has 0 saturated carbocycles. The molecule has 1 N–H and O–H groups in total. The van der Waals surface area contributed by atoms with Gasteiger partial charge in [-0.05, 0) is 42.5 Å². The summed E-state index contributed by atoms with van der Waals surface area (Å²) in [7, 11) is 2.52. The fraction of sp³-hybridized carbons (Fsp3) is 0.333. The first-order valence-electron chi connectivity index (χ1n) is 10.9. The van der Waals surface area contributed by atoms with E-state index in [-0.39, 0.29) is 23.6 Å². The normalized spacial score (nSPS) is 16.8. The van der Waals surface area contributed by atoms with Gasteiger partial charge in [0, 0.05) is 31.9 Å². The predicted octanol–water partition coefficient (Wildman–Crippen LogP) is 1.94. The van der Waals surface area contributed by atoms with E-state index in [9.17, 15) is 14.4 Å². The van der Waals surface area contributed by atoms with E-state index >= 15 is 0 Å². The molecule has 1 atom stereocenters. The van der Waals surface area contributed by atoms with Gasteiger partial charge in [-0.3, -0.25) is 4.79 Å². The van der Waals surface area contributed by atoms with Gasteiger partial charge in [-0.1, -0.05) is 12.1 Å². The summed E-state index contributed by atoms with van der Waals surface area (Å²) in [6, 6.07) is 11.7. The highest BCUT2D eigenvalue weighted by Crippen LogP contribution is 2.31. The van der Waals surface area contributed by atoms with Crippen LogP contribution in [0.15, 0.2) is 42.5 Å². The molecule has 0 aliphatic carbocycles. The maximum Gasteiger partial charge on any atom is 0.337 e. The lowest BCUT2D eigenvalue weighted by molar-refractivity contribution is -0.142. The van der Waals surface area contributed by atoms with Gasteiger partial charge in [0.05, 0.1) is 25.3 Å². The number of carbonyl (C=O) groups is 3. The molecular formula is C24H25N3O7S. The van der Waals surface area contributed by atoms with Gasteiger partial charge >= 0.3 is 11.9 Å². The number of anilines is 1. The number of fused-ring (bicyclic) bond motifs is 1. The Kier molecular flexibility index (Phi) is 7.35. The van der Waals surface area contributed by atoms with Gasteiger partial charge in [-0.2, -0.15) is 0 Å². The fourth-order valence-electron chi connectivity index (χ4n) is 3.85. The van der Waals surface area contributed by atoms with Crippen LogP contribution in [0.3, 0.4) is 0 Å². The maximum absolute atomic E-state index is 13.0. The number of hydrogen-bond acceptors (Lipinski definition) is 8. The van der Waals surface area contributed by atoms with Crippen molar-refractivity contribution < 1.29 is 33.3 Å². The van der Waals surface area contributed by atoms with Gasteiger partial charge in [0.2, 0.25) is 6.10 Å². The van der Waals surface area contributed by atoms with E-state index in [4.69, 9.17) is 31.2 Å². The monoisotopic (exact) mass is 499 g/mol. The van der Waals surface area contributed by atoms with Crippen LogP contribution in [0.5, 0.6) is 11.5 Å². The molecule has 1 saturated heterocycles. The van der Waals surface area contributed by atoms with E-state index in [0.717, 1.165) is 0 Å². The lowest BCUT2D eigenvalue weighted by atomic mass is 10.1. The molecule has 0 aromatic heterocycles. The number of thiocarbonyl (C=S) groups is 1. The fourth-order valence-corrected chi connectivity index (χ4v) is 4.15. The summed E-state index contributed by atoms with van der Waals surface area (Å²) < 4.78 is 21.0. The zero-order valence-electron chi connectivity index (χ0n) is 19.3. The third-order valence-electron chi connectivity index (χ3n) is 5.69. The molecule has 1 unspecified atom stereocenters. The number of carbonyl (C=O) groups excluding carboxylic acids is 3. The first-order chi connectivity index (χ1) is 16.9. The molecule has 2 aromatic rings. The largest absolute Gasteiger partial charge is 0.485 e. The molecule has 2 heterocycles. The van der Waals surface area contributed by atoms with Crippen LogP contribution in [-0.2, 0) is 14.3 Å². The predicted molar refractivity (Wildman–Crippen MR) is 130 cm³/mol. The van der Waals surface area contributed by atoms with Crippen LogP contribution in [-0.4, -0.2) is 85.9 Å². The van der Waals surface area contributed by atoms with Crippen LogP contribution in [0.1, 0.15) is 20.7 Å². The van der Waals surface area contributed by atoms with Crippen molar-refractivity contribution in [1.29, 1.82) is 0 Å². The average Bonchev–Trinajstić information content (AvgIpc) is 2.91. The molecule has 2 aliphatic rings. The summed E-state index contributed by atoms with van der Waals surface area (Å²) in [5.41, 5.74) is 0.822. The maximum atomic E-state index is 13.0. The van der Waals surface area contributed by atoms with Crippen LogP contribution in [0.25, 0.3) is 0 Å². The highest BCUT2D eigenvalue weighted by atomic mass is 32.1. The number of nitrogens with one attached hydrogen (secondary N) is 1. The van der Waals surface area contributed by atoms with Crippen LogP contribution < -0.4 is 14.8 Å². The topological polar surface area (TPSA) is 107 Å². The van der Waals surface area contributed by atoms with Crippen LogP contribution in [0, 0.1) is 0 Å². The minimum Gasteiger partial charge on any atom is -0.485 e. The molecule has 35 heavy (non-hydrogen) atoms. The second-order valence-corrected chi connectivity index (χ2v) is 8.28. The summed E-state index contributed by atoms with van der Waals surface area (Å²) in [4.78, 5) is 40.6. The number of benzene rings is 2. The number of amides is 1. The zero-order valence-corrected chi connectivity index (χ0v) is 20.1. The number of esters is 2. The van der Waals surface area contributed by atoms with Gasteiger partial charge < -0.3 is 34.1 Å². The Morgan fingerprint density at radius 3 is 2.09 bits per heavy atom. The third kappa shape index (κ3) is 5.46. The number of methoxy groups -OCH3 is 2. The number of hydrogen-bond donors (Lipinski definition) is 1. The molecule has 2 aliphatic heterocycles. The second-order valence-electron chi connectivity index (χ2n) is 7.89. The molecule has 2 aromatic carbocycles. The minimum absolute atomic E-state index is 0.133. The van der Waals surface area contributed by atoms with Crippen LogP contribution >= 0.6 is 12.2 Å². The lowest BCUT2D eigenvalue weighted by Crippen LogP contribution is -2.55. The number of rotatable bonds is 4. The molecule has 11 heteroatoms. The Hall–Kier alpha value is -3.86. The average molecular weight is 500 g/mol. The Morgan fingerprint density at radius 1 is 0.914 bits per heavy atom. The highest BCUT2D eigenvalue weighted by molar-refractivity contribution is 7.80. The Labute approximate surface area is 207 Å². The van der Waals surface area contributed by atoms with E-state index < -0.39 is 18.0 Å². The quantitative estimate of drug-likeness (QED) is 0.495. The third-order valence-corrected chi connectivity index (χ3v) is 6.05. The molecule has 1 amide bonds. The zero-order chi connectivity index (χ0) is 24.9. The molecule has 1 fully saturated rings. The minimum atomic E-state index is -0.695. The molecule has 0 radical (unpaired) electrons. The smallest absolute Gasteiger partial charge is 0.337 e. The number of nitrogens with zero attached hydrogens (tertiary/aromatic N) is 2. The summed E-state index contributed by atoms with van der Waals surface area (Å²) in [5.74, 6) is -0.126. The molecule has 10 nitrogen and oxygen atoms in total. The Balaban J connectivity index is 1.36.